The van der Waals surface area contributed by atoms with Crippen LogP contribution in [-0.4, -0.2) is 13.1 Å². The van der Waals surface area contributed by atoms with Crippen LogP contribution in [0, 0.1) is 0 Å². The van der Waals surface area contributed by atoms with Gasteiger partial charge in [0.1, 0.15) is 0 Å². The first-order valence-corrected chi connectivity index (χ1v) is 6.27. The number of thiol groups is 1. The highest BCUT2D eigenvalue weighted by Gasteiger charge is 2.14. The zero-order valence-corrected chi connectivity index (χ0v) is 10.1. The SMILES string of the molecule is CC(S)c1ccc(C2CCNCC2)cc1. The summed E-state index contributed by atoms with van der Waals surface area (Å²) in [6.07, 6.45) is 2.55. The molecule has 1 saturated heterocycles. The molecule has 82 valence electrons. The average molecular weight is 221 g/mol. The van der Waals surface area contributed by atoms with Crippen LogP contribution in [0.3, 0.4) is 0 Å². The fourth-order valence-corrected chi connectivity index (χ4v) is 2.37. The fraction of sp³-hybridized carbons (Fsp3) is 0.538. The van der Waals surface area contributed by atoms with Gasteiger partial charge < -0.3 is 5.32 Å². The Labute approximate surface area is 97.7 Å². The predicted molar refractivity (Wildman–Crippen MR) is 68.7 cm³/mol. The van der Waals surface area contributed by atoms with Crippen molar-refractivity contribution in [3.63, 3.8) is 0 Å². The molecule has 1 nitrogen and oxygen atoms in total. The van der Waals surface area contributed by atoms with E-state index in [1.54, 1.807) is 0 Å². The van der Waals surface area contributed by atoms with Crippen molar-refractivity contribution >= 4 is 12.6 Å². The van der Waals surface area contributed by atoms with Crippen LogP contribution >= 0.6 is 12.6 Å². The number of piperidine rings is 1. The van der Waals surface area contributed by atoms with Gasteiger partial charge in [-0.15, -0.1) is 0 Å². The maximum atomic E-state index is 4.44. The molecule has 0 bridgehead atoms. The molecular formula is C13H19NS. The Balaban J connectivity index is 2.08. The van der Waals surface area contributed by atoms with E-state index < -0.39 is 0 Å². The van der Waals surface area contributed by atoms with Gasteiger partial charge in [-0.2, -0.15) is 12.6 Å². The lowest BCUT2D eigenvalue weighted by molar-refractivity contribution is 0.460. The normalized spacial score (nSPS) is 20.1. The van der Waals surface area contributed by atoms with Crippen LogP contribution in [0.25, 0.3) is 0 Å². The van der Waals surface area contributed by atoms with E-state index in [1.165, 1.54) is 24.0 Å². The summed E-state index contributed by atoms with van der Waals surface area (Å²) in [6.45, 7) is 4.44. The number of hydrogen-bond donors (Lipinski definition) is 2. The highest BCUT2D eigenvalue weighted by atomic mass is 32.1. The van der Waals surface area contributed by atoms with Crippen LogP contribution in [0.2, 0.25) is 0 Å². The third kappa shape index (κ3) is 2.76. The molecule has 0 spiro atoms. The molecule has 1 N–H and O–H groups in total. The minimum Gasteiger partial charge on any atom is -0.317 e. The van der Waals surface area contributed by atoms with Gasteiger partial charge >= 0.3 is 0 Å². The molecule has 1 aliphatic heterocycles. The van der Waals surface area contributed by atoms with Gasteiger partial charge in [0.25, 0.3) is 0 Å². The second-order valence-electron chi connectivity index (χ2n) is 4.37. The minimum absolute atomic E-state index is 0.340. The van der Waals surface area contributed by atoms with Crippen LogP contribution in [0.15, 0.2) is 24.3 Å². The molecule has 0 amide bonds. The zero-order valence-electron chi connectivity index (χ0n) is 9.24. The minimum atomic E-state index is 0.340. The molecule has 0 saturated carbocycles. The largest absolute Gasteiger partial charge is 0.317 e. The Morgan fingerprint density at radius 3 is 2.33 bits per heavy atom. The lowest BCUT2D eigenvalue weighted by atomic mass is 9.89. The van der Waals surface area contributed by atoms with E-state index in [1.807, 2.05) is 0 Å². The summed E-state index contributed by atoms with van der Waals surface area (Å²) in [5.41, 5.74) is 2.81. The third-order valence-electron chi connectivity index (χ3n) is 3.23. The van der Waals surface area contributed by atoms with Crippen LogP contribution in [-0.2, 0) is 0 Å². The lowest BCUT2D eigenvalue weighted by Crippen LogP contribution is -2.26. The second kappa shape index (κ2) is 5.04. The van der Waals surface area contributed by atoms with E-state index in [9.17, 15) is 0 Å². The maximum absolute atomic E-state index is 4.44. The highest BCUT2D eigenvalue weighted by molar-refractivity contribution is 7.80. The Hall–Kier alpha value is -0.470. The fourth-order valence-electron chi connectivity index (χ4n) is 2.20. The van der Waals surface area contributed by atoms with Crippen LogP contribution in [0.1, 0.15) is 42.1 Å². The number of benzene rings is 1. The van der Waals surface area contributed by atoms with Crippen molar-refractivity contribution in [3.05, 3.63) is 35.4 Å². The van der Waals surface area contributed by atoms with Crippen molar-refractivity contribution in [1.29, 1.82) is 0 Å². The van der Waals surface area contributed by atoms with E-state index >= 15 is 0 Å². The Kier molecular flexibility index (Phi) is 3.71. The van der Waals surface area contributed by atoms with Crippen molar-refractivity contribution in [1.82, 2.24) is 5.32 Å². The standard InChI is InChI=1S/C13H19NS/c1-10(15)11-2-4-12(5-3-11)13-6-8-14-9-7-13/h2-5,10,13-15H,6-9H2,1H3. The molecule has 1 heterocycles. The molecular weight excluding hydrogens is 202 g/mol. The van der Waals surface area contributed by atoms with Gasteiger partial charge in [0.05, 0.1) is 0 Å². The molecule has 15 heavy (non-hydrogen) atoms. The molecule has 1 unspecified atom stereocenters. The van der Waals surface area contributed by atoms with Gasteiger partial charge in [-0.3, -0.25) is 0 Å². The lowest BCUT2D eigenvalue weighted by Gasteiger charge is -2.23. The molecule has 0 aromatic heterocycles. The van der Waals surface area contributed by atoms with Crippen molar-refractivity contribution in [2.45, 2.75) is 30.9 Å². The van der Waals surface area contributed by atoms with Crippen molar-refractivity contribution in [3.8, 4) is 0 Å². The van der Waals surface area contributed by atoms with E-state index in [0.717, 1.165) is 19.0 Å². The molecule has 1 aliphatic rings. The summed E-state index contributed by atoms with van der Waals surface area (Å²) < 4.78 is 0. The van der Waals surface area contributed by atoms with Gasteiger partial charge in [-0.05, 0) is 49.9 Å². The highest BCUT2D eigenvalue weighted by Crippen LogP contribution is 2.27. The molecule has 2 rings (SSSR count). The monoisotopic (exact) mass is 221 g/mol. The smallest absolute Gasteiger partial charge is 0.0238 e. The van der Waals surface area contributed by atoms with Gasteiger partial charge in [-0.1, -0.05) is 24.3 Å². The first-order valence-electron chi connectivity index (χ1n) is 5.76. The molecule has 1 aromatic carbocycles. The average Bonchev–Trinajstić information content (AvgIpc) is 2.30. The summed E-state index contributed by atoms with van der Waals surface area (Å²) in [5.74, 6) is 0.760. The quantitative estimate of drug-likeness (QED) is 0.731. The Morgan fingerprint density at radius 2 is 1.80 bits per heavy atom. The summed E-state index contributed by atoms with van der Waals surface area (Å²) in [6, 6.07) is 8.99. The van der Waals surface area contributed by atoms with E-state index in [0.29, 0.717) is 5.25 Å². The molecule has 0 radical (unpaired) electrons. The van der Waals surface area contributed by atoms with Crippen molar-refractivity contribution in [2.24, 2.45) is 0 Å². The van der Waals surface area contributed by atoms with Gasteiger partial charge in [-0.25, -0.2) is 0 Å². The van der Waals surface area contributed by atoms with E-state index in [-0.39, 0.29) is 0 Å². The number of nitrogens with one attached hydrogen (secondary N) is 1. The van der Waals surface area contributed by atoms with E-state index in [4.69, 9.17) is 0 Å². The second-order valence-corrected chi connectivity index (χ2v) is 5.14. The zero-order chi connectivity index (χ0) is 10.7. The van der Waals surface area contributed by atoms with Gasteiger partial charge in [0.15, 0.2) is 0 Å². The van der Waals surface area contributed by atoms with Crippen molar-refractivity contribution < 1.29 is 0 Å². The first-order chi connectivity index (χ1) is 7.27. The molecule has 0 aliphatic carbocycles. The topological polar surface area (TPSA) is 12.0 Å². The summed E-state index contributed by atoms with van der Waals surface area (Å²) in [5, 5.41) is 3.74. The molecule has 2 heteroatoms. The van der Waals surface area contributed by atoms with Crippen molar-refractivity contribution in [2.75, 3.05) is 13.1 Å². The molecule has 1 aromatic rings. The predicted octanol–water partition coefficient (Wildman–Crippen LogP) is 3.14. The van der Waals surface area contributed by atoms with Crippen LogP contribution in [0.4, 0.5) is 0 Å². The summed E-state index contributed by atoms with van der Waals surface area (Å²) in [7, 11) is 0. The van der Waals surface area contributed by atoms with Gasteiger partial charge in [0, 0.05) is 5.25 Å². The van der Waals surface area contributed by atoms with E-state index in [2.05, 4.69) is 49.1 Å². The van der Waals surface area contributed by atoms with Crippen LogP contribution < -0.4 is 5.32 Å². The number of rotatable bonds is 2. The summed E-state index contributed by atoms with van der Waals surface area (Å²) >= 11 is 4.44. The Bertz CT molecular complexity index is 299. The van der Waals surface area contributed by atoms with Crippen LogP contribution in [0.5, 0.6) is 0 Å². The van der Waals surface area contributed by atoms with Gasteiger partial charge in [0.2, 0.25) is 0 Å². The summed E-state index contributed by atoms with van der Waals surface area (Å²) in [4.78, 5) is 0. The Morgan fingerprint density at radius 1 is 1.20 bits per heavy atom. The molecule has 1 atom stereocenters. The molecule has 1 fully saturated rings. The first kappa shape index (κ1) is 11.0. The maximum Gasteiger partial charge on any atom is 0.0238 e. The number of hydrogen-bond acceptors (Lipinski definition) is 2. The third-order valence-corrected chi connectivity index (χ3v) is 3.53.